The summed E-state index contributed by atoms with van der Waals surface area (Å²) in [5.74, 6) is -0.435. The molecule has 2 aliphatic rings. The van der Waals surface area contributed by atoms with Gasteiger partial charge < -0.3 is 19.9 Å². The molecule has 2 atom stereocenters. The van der Waals surface area contributed by atoms with E-state index >= 15 is 0 Å². The quantitative estimate of drug-likeness (QED) is 0.449. The van der Waals surface area contributed by atoms with Crippen LogP contribution in [0, 0.1) is 11.6 Å². The second-order valence-electron chi connectivity index (χ2n) is 9.49. The van der Waals surface area contributed by atoms with Gasteiger partial charge in [0.2, 0.25) is 11.8 Å². The molecular weight excluding hydrogens is 528 g/mol. The Bertz CT molecular complexity index is 1170. The van der Waals surface area contributed by atoms with Crippen LogP contribution in [0.4, 0.5) is 13.6 Å². The first kappa shape index (κ1) is 28.8. The topological polar surface area (TPSA) is 85.4 Å². The van der Waals surface area contributed by atoms with E-state index in [1.807, 2.05) is 6.26 Å². The van der Waals surface area contributed by atoms with Crippen molar-refractivity contribution in [3.8, 4) is 0 Å². The van der Waals surface area contributed by atoms with Gasteiger partial charge in [-0.2, -0.15) is 11.8 Å². The number of piperazine rings is 1. The van der Waals surface area contributed by atoms with Gasteiger partial charge in [0.15, 0.2) is 0 Å². The minimum absolute atomic E-state index is 0.0414. The lowest BCUT2D eigenvalue weighted by atomic mass is 10.0. The van der Waals surface area contributed by atoms with Gasteiger partial charge in [0, 0.05) is 20.1 Å². The molecule has 2 saturated heterocycles. The van der Waals surface area contributed by atoms with Gasteiger partial charge in [-0.05, 0) is 53.8 Å². The fourth-order valence-electron chi connectivity index (χ4n) is 4.87. The summed E-state index contributed by atoms with van der Waals surface area (Å²) >= 11 is 1.58. The first-order valence-corrected chi connectivity index (χ1v) is 14.1. The van der Waals surface area contributed by atoms with Crippen molar-refractivity contribution in [2.75, 3.05) is 45.3 Å². The summed E-state index contributed by atoms with van der Waals surface area (Å²) in [7, 11) is 1.66. The number of ether oxygens (including phenoxy) is 1. The number of hydrogen-bond donors (Lipinski definition) is 1. The molecule has 0 aliphatic carbocycles. The fourth-order valence-corrected chi connectivity index (χ4v) is 5.32. The Morgan fingerprint density at radius 2 is 1.87 bits per heavy atom. The minimum atomic E-state index is -0.701. The minimum Gasteiger partial charge on any atom is -0.375 e. The van der Waals surface area contributed by atoms with Crippen LogP contribution in [0.2, 0.25) is 0 Å². The van der Waals surface area contributed by atoms with Crippen LogP contribution in [-0.4, -0.2) is 95.2 Å². The first-order chi connectivity index (χ1) is 18.8. The summed E-state index contributed by atoms with van der Waals surface area (Å²) in [4.78, 5) is 43.2. The maximum atomic E-state index is 13.5. The molecule has 0 saturated carbocycles. The van der Waals surface area contributed by atoms with Crippen LogP contribution in [0.1, 0.15) is 17.5 Å². The lowest BCUT2D eigenvalue weighted by Gasteiger charge is -2.54. The standard InChI is InChI=1S/C27H33F2N5O4S/c1-31-17-25(35)33-23(10-13-39-2)26(36)32(11-12-38-18-20-4-3-5-22(29)14-20)16-24(33)34(31)27(37)30-15-19-6-8-21(28)9-7-19/h3-9,14,23-24H,10-13,15-18H2,1-2H3,(H,30,37)/t23-,24-/m0/s1. The van der Waals surface area contributed by atoms with Gasteiger partial charge in [-0.3, -0.25) is 9.59 Å². The molecule has 0 bridgehead atoms. The number of rotatable bonds is 10. The van der Waals surface area contributed by atoms with Crippen molar-refractivity contribution in [3.05, 3.63) is 71.3 Å². The summed E-state index contributed by atoms with van der Waals surface area (Å²) in [6.07, 6.45) is 1.69. The maximum absolute atomic E-state index is 13.5. The molecule has 0 aromatic heterocycles. The number of hydrogen-bond acceptors (Lipinski definition) is 6. The summed E-state index contributed by atoms with van der Waals surface area (Å²) in [6, 6.07) is 10.8. The molecular formula is C27H33F2N5O4S. The molecule has 4 amide bonds. The normalized spacial score (nSPS) is 19.8. The van der Waals surface area contributed by atoms with Gasteiger partial charge in [-0.1, -0.05) is 24.3 Å². The third kappa shape index (κ3) is 7.06. The highest BCUT2D eigenvalue weighted by Crippen LogP contribution is 2.28. The van der Waals surface area contributed by atoms with Crippen LogP contribution < -0.4 is 5.32 Å². The number of benzene rings is 2. The Balaban J connectivity index is 1.47. The maximum Gasteiger partial charge on any atom is 0.334 e. The molecule has 2 aromatic rings. The number of fused-ring (bicyclic) bond motifs is 1. The highest BCUT2D eigenvalue weighted by atomic mass is 32.2. The zero-order valence-electron chi connectivity index (χ0n) is 22.0. The molecule has 4 rings (SSSR count). The fraction of sp³-hybridized carbons (Fsp3) is 0.444. The van der Waals surface area contributed by atoms with E-state index in [1.165, 1.54) is 29.3 Å². The second kappa shape index (κ2) is 13.2. The van der Waals surface area contributed by atoms with E-state index < -0.39 is 18.2 Å². The van der Waals surface area contributed by atoms with Gasteiger partial charge in [-0.25, -0.2) is 23.6 Å². The monoisotopic (exact) mass is 561 g/mol. The second-order valence-corrected chi connectivity index (χ2v) is 10.5. The van der Waals surface area contributed by atoms with Gasteiger partial charge in [0.05, 0.1) is 26.3 Å². The van der Waals surface area contributed by atoms with Gasteiger partial charge >= 0.3 is 6.03 Å². The molecule has 0 radical (unpaired) electrons. The molecule has 2 fully saturated rings. The average molecular weight is 562 g/mol. The molecule has 9 nitrogen and oxygen atoms in total. The Kier molecular flexibility index (Phi) is 9.76. The van der Waals surface area contributed by atoms with Crippen LogP contribution in [-0.2, 0) is 27.5 Å². The predicted octanol–water partition coefficient (Wildman–Crippen LogP) is 2.67. The third-order valence-electron chi connectivity index (χ3n) is 6.76. The van der Waals surface area contributed by atoms with E-state index in [9.17, 15) is 23.2 Å². The first-order valence-electron chi connectivity index (χ1n) is 12.7. The summed E-state index contributed by atoms with van der Waals surface area (Å²) in [6.45, 7) is 0.932. The van der Waals surface area contributed by atoms with Crippen molar-refractivity contribution in [2.24, 2.45) is 0 Å². The number of hydrazine groups is 1. The average Bonchev–Trinajstić information content (AvgIpc) is 2.90. The molecule has 2 aliphatic heterocycles. The Hall–Kier alpha value is -3.22. The molecule has 39 heavy (non-hydrogen) atoms. The number of urea groups is 1. The van der Waals surface area contributed by atoms with Crippen LogP contribution in [0.25, 0.3) is 0 Å². The van der Waals surface area contributed by atoms with E-state index in [1.54, 1.807) is 57.9 Å². The molecule has 12 heteroatoms. The van der Waals surface area contributed by atoms with E-state index in [2.05, 4.69) is 5.32 Å². The van der Waals surface area contributed by atoms with Crippen molar-refractivity contribution < 1.29 is 27.9 Å². The highest BCUT2D eigenvalue weighted by Gasteiger charge is 2.50. The number of nitrogens with one attached hydrogen (secondary N) is 1. The lowest BCUT2D eigenvalue weighted by molar-refractivity contribution is -0.187. The molecule has 2 aromatic carbocycles. The number of carbonyl (C=O) groups is 3. The van der Waals surface area contributed by atoms with E-state index in [4.69, 9.17) is 4.74 Å². The lowest BCUT2D eigenvalue weighted by Crippen LogP contribution is -2.76. The van der Waals surface area contributed by atoms with Crippen LogP contribution in [0.15, 0.2) is 48.5 Å². The number of amides is 4. The Morgan fingerprint density at radius 1 is 1.10 bits per heavy atom. The number of thioether (sulfide) groups is 1. The van der Waals surface area contributed by atoms with Crippen LogP contribution >= 0.6 is 11.8 Å². The zero-order valence-corrected chi connectivity index (χ0v) is 22.8. The summed E-state index contributed by atoms with van der Waals surface area (Å²) in [5, 5.41) is 5.88. The van der Waals surface area contributed by atoms with Gasteiger partial charge in [0.25, 0.3) is 0 Å². The highest BCUT2D eigenvalue weighted by molar-refractivity contribution is 7.98. The molecule has 1 N–H and O–H groups in total. The van der Waals surface area contributed by atoms with Crippen molar-refractivity contribution in [3.63, 3.8) is 0 Å². The number of halogens is 2. The molecule has 210 valence electrons. The largest absolute Gasteiger partial charge is 0.375 e. The summed E-state index contributed by atoms with van der Waals surface area (Å²) < 4.78 is 32.4. The predicted molar refractivity (Wildman–Crippen MR) is 143 cm³/mol. The smallest absolute Gasteiger partial charge is 0.334 e. The Labute approximate surface area is 231 Å². The molecule has 2 heterocycles. The van der Waals surface area contributed by atoms with Crippen LogP contribution in [0.5, 0.6) is 0 Å². The van der Waals surface area contributed by atoms with E-state index in [-0.39, 0.29) is 62.8 Å². The van der Waals surface area contributed by atoms with Crippen molar-refractivity contribution >= 4 is 29.6 Å². The van der Waals surface area contributed by atoms with Crippen molar-refractivity contribution in [1.82, 2.24) is 25.1 Å². The molecule has 0 spiro atoms. The van der Waals surface area contributed by atoms with E-state index in [0.717, 1.165) is 5.56 Å². The number of carbonyl (C=O) groups excluding carboxylic acids is 3. The zero-order chi connectivity index (χ0) is 27.9. The van der Waals surface area contributed by atoms with Gasteiger partial charge in [0.1, 0.15) is 23.8 Å². The summed E-state index contributed by atoms with van der Waals surface area (Å²) in [5.41, 5.74) is 1.42. The van der Waals surface area contributed by atoms with Crippen LogP contribution in [0.3, 0.4) is 0 Å². The van der Waals surface area contributed by atoms with Crippen molar-refractivity contribution in [1.29, 1.82) is 0 Å². The third-order valence-corrected chi connectivity index (χ3v) is 7.41. The van der Waals surface area contributed by atoms with Gasteiger partial charge in [-0.15, -0.1) is 0 Å². The Morgan fingerprint density at radius 3 is 2.59 bits per heavy atom. The number of likely N-dealkylation sites (N-methyl/N-ethyl adjacent to an activating group) is 1. The van der Waals surface area contributed by atoms with Crippen molar-refractivity contribution in [2.45, 2.75) is 31.8 Å². The SMILES string of the molecule is CSCC[C@H]1C(=O)N(CCOCc2cccc(F)c2)C[C@H]2N1C(=O)CN(C)N2C(=O)NCc1ccc(F)cc1. The molecule has 0 unspecified atom stereocenters. The van der Waals surface area contributed by atoms with E-state index in [0.29, 0.717) is 17.7 Å². The number of nitrogens with zero attached hydrogens (tertiary/aromatic N) is 4.